The Labute approximate surface area is 282 Å². The second kappa shape index (κ2) is 16.6. The van der Waals surface area contributed by atoms with Gasteiger partial charge in [0, 0.05) is 29.6 Å². The quantitative estimate of drug-likeness (QED) is 0.134. The zero-order valence-corrected chi connectivity index (χ0v) is 28.4. The highest BCUT2D eigenvalue weighted by Crippen LogP contribution is 2.29. The first-order valence-corrected chi connectivity index (χ1v) is 17.6. The van der Waals surface area contributed by atoms with Gasteiger partial charge in [0.05, 0.1) is 10.6 Å². The Bertz CT molecular complexity index is 1720. The number of para-hydroxylation sites is 1. The van der Waals surface area contributed by atoms with Crippen LogP contribution in [-0.2, 0) is 39.0 Å². The largest absolute Gasteiger partial charge is 0.354 e. The Hall–Kier alpha value is -3.85. The van der Waals surface area contributed by atoms with Gasteiger partial charge in [0.1, 0.15) is 12.6 Å². The molecule has 2 amide bonds. The van der Waals surface area contributed by atoms with E-state index >= 15 is 0 Å². The second-order valence-corrected chi connectivity index (χ2v) is 13.6. The first-order valence-electron chi connectivity index (χ1n) is 15.4. The highest BCUT2D eigenvalue weighted by molar-refractivity contribution is 7.92. The minimum atomic E-state index is -4.18. The average Bonchev–Trinajstić information content (AvgIpc) is 3.06. The smallest absolute Gasteiger partial charge is 0.264 e. The number of amides is 2. The van der Waals surface area contributed by atoms with Crippen LogP contribution in [0.5, 0.6) is 0 Å². The molecule has 0 radical (unpaired) electrons. The maximum atomic E-state index is 14.6. The lowest BCUT2D eigenvalue weighted by Gasteiger charge is -2.34. The Morgan fingerprint density at radius 2 is 1.48 bits per heavy atom. The van der Waals surface area contributed by atoms with E-state index in [0.29, 0.717) is 34.3 Å². The summed E-state index contributed by atoms with van der Waals surface area (Å²) in [4.78, 5) is 30.0. The van der Waals surface area contributed by atoms with E-state index in [9.17, 15) is 18.0 Å². The molecule has 0 aliphatic carbocycles. The van der Waals surface area contributed by atoms with Crippen molar-refractivity contribution in [2.75, 3.05) is 17.4 Å². The Balaban J connectivity index is 1.83. The first kappa shape index (κ1) is 35.0. The molecule has 0 heterocycles. The van der Waals surface area contributed by atoms with Crippen molar-refractivity contribution in [3.8, 4) is 0 Å². The molecule has 0 aliphatic rings. The number of aryl methyl sites for hydroxylation is 1. The van der Waals surface area contributed by atoms with Crippen molar-refractivity contribution in [1.82, 2.24) is 10.2 Å². The summed E-state index contributed by atoms with van der Waals surface area (Å²) in [6.07, 6.45) is 2.42. The summed E-state index contributed by atoms with van der Waals surface area (Å²) in [5, 5.41) is 3.75. The number of anilines is 1. The molecular formula is C36H39Cl2N3O4S. The maximum Gasteiger partial charge on any atom is 0.264 e. The van der Waals surface area contributed by atoms with Crippen LogP contribution in [0.4, 0.5) is 5.69 Å². The van der Waals surface area contributed by atoms with Gasteiger partial charge >= 0.3 is 0 Å². The van der Waals surface area contributed by atoms with E-state index in [4.69, 9.17) is 23.2 Å². The van der Waals surface area contributed by atoms with Gasteiger partial charge in [0.25, 0.3) is 10.0 Å². The van der Waals surface area contributed by atoms with E-state index in [1.54, 1.807) is 48.5 Å². The van der Waals surface area contributed by atoms with Gasteiger partial charge in [-0.15, -0.1) is 0 Å². The van der Waals surface area contributed by atoms with Gasteiger partial charge in [0.2, 0.25) is 11.8 Å². The van der Waals surface area contributed by atoms with Gasteiger partial charge < -0.3 is 10.2 Å². The molecule has 1 atom stereocenters. The number of carbonyl (C=O) groups excluding carboxylic acids is 2. The van der Waals surface area contributed by atoms with Crippen LogP contribution in [0.2, 0.25) is 10.0 Å². The fourth-order valence-electron chi connectivity index (χ4n) is 5.18. The molecular weight excluding hydrogens is 641 g/mol. The predicted molar refractivity (Wildman–Crippen MR) is 186 cm³/mol. The van der Waals surface area contributed by atoms with Crippen LogP contribution in [0.15, 0.2) is 108 Å². The summed E-state index contributed by atoms with van der Waals surface area (Å²) in [5.41, 5.74) is 2.59. The van der Waals surface area contributed by atoms with Crippen LogP contribution in [-0.4, -0.2) is 44.3 Å². The minimum absolute atomic E-state index is 0.0395. The van der Waals surface area contributed by atoms with E-state index in [-0.39, 0.29) is 23.8 Å². The molecule has 0 fully saturated rings. The highest BCUT2D eigenvalue weighted by atomic mass is 35.5. The van der Waals surface area contributed by atoms with Crippen LogP contribution in [0.1, 0.15) is 43.4 Å². The normalized spacial score (nSPS) is 11.9. The summed E-state index contributed by atoms with van der Waals surface area (Å²) >= 11 is 12.8. The number of nitrogens with one attached hydrogen (secondary N) is 1. The predicted octanol–water partition coefficient (Wildman–Crippen LogP) is 7.31. The molecule has 1 N–H and O–H groups in total. The summed E-state index contributed by atoms with van der Waals surface area (Å²) in [7, 11) is -4.18. The van der Waals surface area contributed by atoms with Crippen LogP contribution in [0.3, 0.4) is 0 Å². The fourth-order valence-corrected chi connectivity index (χ4v) is 7.12. The molecule has 1 unspecified atom stereocenters. The summed E-state index contributed by atoms with van der Waals surface area (Å²) < 4.78 is 29.6. The van der Waals surface area contributed by atoms with E-state index < -0.39 is 28.5 Å². The monoisotopic (exact) mass is 679 g/mol. The van der Waals surface area contributed by atoms with E-state index in [1.807, 2.05) is 56.3 Å². The minimum Gasteiger partial charge on any atom is -0.354 e. The zero-order valence-electron chi connectivity index (χ0n) is 26.0. The number of halogens is 2. The van der Waals surface area contributed by atoms with Crippen LogP contribution in [0.25, 0.3) is 0 Å². The van der Waals surface area contributed by atoms with Crippen molar-refractivity contribution in [3.63, 3.8) is 0 Å². The summed E-state index contributed by atoms with van der Waals surface area (Å²) in [6.45, 7) is 3.83. The molecule has 46 heavy (non-hydrogen) atoms. The molecule has 4 rings (SSSR count). The number of carbonyl (C=O) groups is 2. The van der Waals surface area contributed by atoms with E-state index in [2.05, 4.69) is 5.32 Å². The maximum absolute atomic E-state index is 14.6. The molecule has 0 aromatic heterocycles. The number of nitrogens with zero attached hydrogens (tertiary/aromatic N) is 2. The van der Waals surface area contributed by atoms with Crippen molar-refractivity contribution >= 4 is 50.7 Å². The number of rotatable bonds is 15. The van der Waals surface area contributed by atoms with Crippen LogP contribution >= 0.6 is 23.2 Å². The molecule has 242 valence electrons. The van der Waals surface area contributed by atoms with Gasteiger partial charge in [-0.05, 0) is 59.9 Å². The SMILES string of the molecule is CCCCNC(=O)C(Cc1ccccc1)N(Cc1ccc(Cl)cc1Cl)C(=O)CN(c1ccccc1CC)S(=O)(=O)c1ccccc1. The third-order valence-corrected chi connectivity index (χ3v) is 10.1. The lowest BCUT2D eigenvalue weighted by molar-refractivity contribution is -0.140. The van der Waals surface area contributed by atoms with Crippen molar-refractivity contribution < 1.29 is 18.0 Å². The molecule has 0 spiro atoms. The van der Waals surface area contributed by atoms with Gasteiger partial charge in [-0.3, -0.25) is 13.9 Å². The topological polar surface area (TPSA) is 86.8 Å². The standard InChI is InChI=1S/C36H39Cl2N3O4S/c1-3-5-22-39-36(43)34(23-27-14-8-6-9-15-27)40(25-29-20-21-30(37)24-32(29)38)35(42)26-41(33-19-13-12-16-28(33)4-2)46(44,45)31-17-10-7-11-18-31/h6-21,24,34H,3-5,22-23,25-26H2,1-2H3,(H,39,43). The van der Waals surface area contributed by atoms with Crippen molar-refractivity contribution in [2.24, 2.45) is 0 Å². The molecule has 4 aromatic carbocycles. The summed E-state index contributed by atoms with van der Waals surface area (Å²) in [6, 6.07) is 28.6. The molecule has 10 heteroatoms. The van der Waals surface area contributed by atoms with Gasteiger partial charge in [-0.1, -0.05) is 116 Å². The number of hydrogen-bond donors (Lipinski definition) is 1. The third kappa shape index (κ3) is 8.90. The van der Waals surface area contributed by atoms with Crippen LogP contribution in [0, 0.1) is 0 Å². The molecule has 0 bridgehead atoms. The van der Waals surface area contributed by atoms with Crippen molar-refractivity contribution in [3.05, 3.63) is 130 Å². The van der Waals surface area contributed by atoms with E-state index in [0.717, 1.165) is 28.3 Å². The third-order valence-electron chi connectivity index (χ3n) is 7.71. The number of hydrogen-bond acceptors (Lipinski definition) is 4. The van der Waals surface area contributed by atoms with Crippen LogP contribution < -0.4 is 9.62 Å². The second-order valence-electron chi connectivity index (χ2n) is 10.9. The number of sulfonamides is 1. The fraction of sp³-hybridized carbons (Fsp3) is 0.278. The van der Waals surface area contributed by atoms with Gasteiger partial charge in [0.15, 0.2) is 0 Å². The first-order chi connectivity index (χ1) is 22.1. The average molecular weight is 681 g/mol. The Morgan fingerprint density at radius 1 is 0.826 bits per heavy atom. The lowest BCUT2D eigenvalue weighted by Crippen LogP contribution is -2.53. The Kier molecular flexibility index (Phi) is 12.7. The summed E-state index contributed by atoms with van der Waals surface area (Å²) in [5.74, 6) is -0.884. The molecule has 0 saturated heterocycles. The number of benzene rings is 4. The van der Waals surface area contributed by atoms with Gasteiger partial charge in [-0.2, -0.15) is 0 Å². The lowest BCUT2D eigenvalue weighted by atomic mass is 10.0. The molecule has 7 nitrogen and oxygen atoms in total. The molecule has 0 saturated carbocycles. The van der Waals surface area contributed by atoms with Crippen molar-refractivity contribution in [1.29, 1.82) is 0 Å². The highest BCUT2D eigenvalue weighted by Gasteiger charge is 2.35. The zero-order chi connectivity index (χ0) is 33.1. The molecule has 0 aliphatic heterocycles. The van der Waals surface area contributed by atoms with Gasteiger partial charge in [-0.25, -0.2) is 8.42 Å². The number of unbranched alkanes of at least 4 members (excludes halogenated alkanes) is 1. The molecule has 4 aromatic rings. The Morgan fingerprint density at radius 3 is 2.13 bits per heavy atom. The van der Waals surface area contributed by atoms with Crippen molar-refractivity contribution in [2.45, 2.75) is 57.0 Å². The van der Waals surface area contributed by atoms with E-state index in [1.165, 1.54) is 17.0 Å².